The van der Waals surface area contributed by atoms with Crippen LogP contribution in [0.25, 0.3) is 0 Å². The van der Waals surface area contributed by atoms with Gasteiger partial charge in [-0.25, -0.2) is 0 Å². The fourth-order valence-corrected chi connectivity index (χ4v) is 3.47. The second kappa shape index (κ2) is 5.02. The topological polar surface area (TPSA) is 32.3 Å². The van der Waals surface area contributed by atoms with Crippen LogP contribution in [0.15, 0.2) is 24.3 Å². The largest absolute Gasteiger partial charge is 0.389 e. The number of aryl methyl sites for hydroxylation is 1. The molecule has 1 unspecified atom stereocenters. The molecule has 2 aliphatic rings. The van der Waals surface area contributed by atoms with Crippen LogP contribution in [0.1, 0.15) is 55.7 Å². The van der Waals surface area contributed by atoms with Crippen LogP contribution < -0.4 is 5.32 Å². The third-order valence-electron chi connectivity index (χ3n) is 4.59. The molecule has 0 aromatic heterocycles. The summed E-state index contributed by atoms with van der Waals surface area (Å²) in [5, 5.41) is 14.1. The minimum absolute atomic E-state index is 0.449. The molecule has 1 fully saturated rings. The Bertz CT molecular complexity index is 409. The fraction of sp³-hybridized carbons (Fsp3) is 0.625. The van der Waals surface area contributed by atoms with Crippen LogP contribution in [-0.2, 0) is 6.42 Å². The average Bonchev–Trinajstić information content (AvgIpc) is 2.81. The van der Waals surface area contributed by atoms with E-state index in [9.17, 15) is 5.11 Å². The summed E-state index contributed by atoms with van der Waals surface area (Å²) in [7, 11) is 0. The number of hydrogen-bond donors (Lipinski definition) is 2. The molecule has 1 aromatic rings. The number of benzene rings is 1. The van der Waals surface area contributed by atoms with E-state index in [1.165, 1.54) is 43.2 Å². The van der Waals surface area contributed by atoms with E-state index in [0.717, 1.165) is 19.4 Å². The Labute approximate surface area is 109 Å². The second-order valence-corrected chi connectivity index (χ2v) is 5.96. The lowest BCUT2D eigenvalue weighted by Gasteiger charge is -2.33. The van der Waals surface area contributed by atoms with Crippen LogP contribution in [0, 0.1) is 0 Å². The van der Waals surface area contributed by atoms with Gasteiger partial charge in [-0.1, -0.05) is 43.5 Å². The predicted octanol–water partition coefficient (Wildman–Crippen LogP) is 2.96. The van der Waals surface area contributed by atoms with Crippen molar-refractivity contribution in [3.63, 3.8) is 0 Å². The zero-order valence-electron chi connectivity index (χ0n) is 11.0. The molecule has 1 saturated carbocycles. The highest BCUT2D eigenvalue weighted by Crippen LogP contribution is 2.32. The summed E-state index contributed by atoms with van der Waals surface area (Å²) in [6.45, 7) is 0.756. The molecule has 2 aliphatic carbocycles. The maximum atomic E-state index is 10.5. The fourth-order valence-electron chi connectivity index (χ4n) is 3.47. The van der Waals surface area contributed by atoms with Crippen molar-refractivity contribution in [2.24, 2.45) is 0 Å². The molecule has 0 spiro atoms. The van der Waals surface area contributed by atoms with E-state index in [1.807, 2.05) is 0 Å². The van der Waals surface area contributed by atoms with Crippen molar-refractivity contribution < 1.29 is 5.11 Å². The monoisotopic (exact) mass is 245 g/mol. The molecule has 0 bridgehead atoms. The van der Waals surface area contributed by atoms with Gasteiger partial charge in [-0.3, -0.25) is 0 Å². The molecular formula is C16H23NO. The van der Waals surface area contributed by atoms with E-state index in [4.69, 9.17) is 0 Å². The van der Waals surface area contributed by atoms with Gasteiger partial charge in [-0.15, -0.1) is 0 Å². The van der Waals surface area contributed by atoms with Crippen molar-refractivity contribution in [1.29, 1.82) is 0 Å². The number of fused-ring (bicyclic) bond motifs is 1. The summed E-state index contributed by atoms with van der Waals surface area (Å²) in [5.74, 6) is 0. The van der Waals surface area contributed by atoms with Crippen LogP contribution in [-0.4, -0.2) is 17.3 Å². The molecule has 0 radical (unpaired) electrons. The minimum atomic E-state index is -0.449. The molecule has 2 N–H and O–H groups in total. The van der Waals surface area contributed by atoms with Crippen LogP contribution in [0.5, 0.6) is 0 Å². The molecule has 0 amide bonds. The van der Waals surface area contributed by atoms with Crippen LogP contribution in [0.3, 0.4) is 0 Å². The number of aliphatic hydroxyl groups is 1. The maximum absolute atomic E-state index is 10.5. The summed E-state index contributed by atoms with van der Waals surface area (Å²) in [5.41, 5.74) is 2.47. The Morgan fingerprint density at radius 2 is 1.94 bits per heavy atom. The van der Waals surface area contributed by atoms with Gasteiger partial charge in [0.15, 0.2) is 0 Å². The molecule has 2 heteroatoms. The van der Waals surface area contributed by atoms with E-state index in [0.29, 0.717) is 6.04 Å². The second-order valence-electron chi connectivity index (χ2n) is 5.96. The summed E-state index contributed by atoms with van der Waals surface area (Å²) >= 11 is 0. The van der Waals surface area contributed by atoms with E-state index in [-0.39, 0.29) is 0 Å². The van der Waals surface area contributed by atoms with Crippen molar-refractivity contribution in [3.05, 3.63) is 35.4 Å². The average molecular weight is 245 g/mol. The molecular weight excluding hydrogens is 222 g/mol. The standard InChI is InChI=1S/C16H23NO/c18-16(10-4-1-5-11-16)12-17-15-9-8-13-6-2-3-7-14(13)15/h2-3,6-7,15,17-18H,1,4-5,8-12H2. The molecule has 1 atom stereocenters. The Hall–Kier alpha value is -0.860. The molecule has 98 valence electrons. The molecule has 18 heavy (non-hydrogen) atoms. The highest BCUT2D eigenvalue weighted by Gasteiger charge is 2.31. The van der Waals surface area contributed by atoms with Gasteiger partial charge >= 0.3 is 0 Å². The quantitative estimate of drug-likeness (QED) is 0.858. The third-order valence-corrected chi connectivity index (χ3v) is 4.59. The van der Waals surface area contributed by atoms with Crippen molar-refractivity contribution in [2.45, 2.75) is 56.6 Å². The number of hydrogen-bond acceptors (Lipinski definition) is 2. The van der Waals surface area contributed by atoms with Gasteiger partial charge in [-0.05, 0) is 36.8 Å². The van der Waals surface area contributed by atoms with Crippen LogP contribution in [0.2, 0.25) is 0 Å². The van der Waals surface area contributed by atoms with E-state index < -0.39 is 5.60 Å². The smallest absolute Gasteiger partial charge is 0.0771 e. The summed E-state index contributed by atoms with van der Waals surface area (Å²) in [4.78, 5) is 0. The highest BCUT2D eigenvalue weighted by atomic mass is 16.3. The number of nitrogens with one attached hydrogen (secondary N) is 1. The van der Waals surface area contributed by atoms with Gasteiger partial charge < -0.3 is 10.4 Å². The van der Waals surface area contributed by atoms with Gasteiger partial charge in [0.1, 0.15) is 0 Å². The Balaban J connectivity index is 1.61. The van der Waals surface area contributed by atoms with Crippen LogP contribution >= 0.6 is 0 Å². The molecule has 1 aromatic carbocycles. The Morgan fingerprint density at radius 1 is 1.17 bits per heavy atom. The van der Waals surface area contributed by atoms with Gasteiger partial charge in [0.05, 0.1) is 5.60 Å². The first-order chi connectivity index (χ1) is 8.77. The van der Waals surface area contributed by atoms with Crippen molar-refractivity contribution in [2.75, 3.05) is 6.54 Å². The summed E-state index contributed by atoms with van der Waals surface area (Å²) in [6, 6.07) is 9.15. The molecule has 2 nitrogen and oxygen atoms in total. The Morgan fingerprint density at radius 3 is 2.78 bits per heavy atom. The first kappa shape index (κ1) is 12.2. The highest BCUT2D eigenvalue weighted by molar-refractivity contribution is 5.34. The SMILES string of the molecule is OC1(CNC2CCc3ccccc32)CCCCC1. The lowest BCUT2D eigenvalue weighted by Crippen LogP contribution is -2.43. The normalized spacial score (nSPS) is 25.9. The lowest BCUT2D eigenvalue weighted by molar-refractivity contribution is 0.00262. The Kier molecular flexibility index (Phi) is 3.40. The van der Waals surface area contributed by atoms with Gasteiger partial charge in [0.2, 0.25) is 0 Å². The van der Waals surface area contributed by atoms with E-state index >= 15 is 0 Å². The molecule has 3 rings (SSSR count). The molecule has 0 heterocycles. The van der Waals surface area contributed by atoms with Gasteiger partial charge in [0.25, 0.3) is 0 Å². The zero-order chi connectivity index (χ0) is 12.4. The minimum Gasteiger partial charge on any atom is -0.389 e. The number of rotatable bonds is 3. The summed E-state index contributed by atoms with van der Waals surface area (Å²) in [6.07, 6.45) is 7.93. The van der Waals surface area contributed by atoms with Crippen molar-refractivity contribution >= 4 is 0 Å². The van der Waals surface area contributed by atoms with E-state index in [2.05, 4.69) is 29.6 Å². The predicted molar refractivity (Wildman–Crippen MR) is 73.5 cm³/mol. The summed E-state index contributed by atoms with van der Waals surface area (Å²) < 4.78 is 0. The van der Waals surface area contributed by atoms with E-state index in [1.54, 1.807) is 0 Å². The third kappa shape index (κ3) is 2.45. The lowest BCUT2D eigenvalue weighted by atomic mass is 9.84. The van der Waals surface area contributed by atoms with Gasteiger partial charge in [0, 0.05) is 12.6 Å². The molecule has 0 aliphatic heterocycles. The van der Waals surface area contributed by atoms with Crippen molar-refractivity contribution in [3.8, 4) is 0 Å². The maximum Gasteiger partial charge on any atom is 0.0771 e. The first-order valence-electron chi connectivity index (χ1n) is 7.30. The van der Waals surface area contributed by atoms with Crippen LogP contribution in [0.4, 0.5) is 0 Å². The van der Waals surface area contributed by atoms with Gasteiger partial charge in [-0.2, -0.15) is 0 Å². The van der Waals surface area contributed by atoms with Crippen molar-refractivity contribution in [1.82, 2.24) is 5.32 Å². The molecule has 0 saturated heterocycles. The first-order valence-corrected chi connectivity index (χ1v) is 7.30. The zero-order valence-corrected chi connectivity index (χ0v) is 11.0.